The molecule has 0 fully saturated rings. The Morgan fingerprint density at radius 3 is 1.40 bits per heavy atom. The Hall–Kier alpha value is -6.97. The van der Waals surface area contributed by atoms with Gasteiger partial charge in [-0.15, -0.1) is 10.9 Å². The van der Waals surface area contributed by atoms with Gasteiger partial charge in [0.05, 0.1) is 11.0 Å². The predicted molar refractivity (Wildman–Crippen MR) is 275 cm³/mol. The zero-order valence-corrected chi connectivity index (χ0v) is 34.2. The van der Waals surface area contributed by atoms with Crippen molar-refractivity contribution >= 4 is 137 Å². The first-order chi connectivity index (χ1) is 30.7. The second kappa shape index (κ2) is 15.1. The standard InChI is InChI=1S/C54H29B7N2/c55-46-43(47(56)51(60)53-44(46)45-48(57)49(58)50(59)52(61)54(45)63(53)38-18-10-17-34(27-38)31-13-6-2-7-14-31)36-22-26-41-40(28-36)39-25-21-35(32-15-8-3-9-16-32)29-42(39)62(41)37-23-19-33(20-24-37)30-11-4-1-5-12-30/h1-29H. The number of aromatic nitrogens is 2. The summed E-state index contributed by atoms with van der Waals surface area (Å²) in [4.78, 5) is 0. The van der Waals surface area contributed by atoms with Gasteiger partial charge >= 0.3 is 0 Å². The summed E-state index contributed by atoms with van der Waals surface area (Å²) in [7, 11) is 48.7. The van der Waals surface area contributed by atoms with E-state index in [0.717, 1.165) is 72.1 Å². The maximum Gasteiger partial charge on any atom is 0.115 e. The van der Waals surface area contributed by atoms with Crippen LogP contribution in [0.3, 0.4) is 0 Å². The fraction of sp³-hybridized carbons (Fsp3) is 0. The Morgan fingerprint density at radius 1 is 0.270 bits per heavy atom. The highest BCUT2D eigenvalue weighted by Crippen LogP contribution is 2.38. The van der Waals surface area contributed by atoms with Crippen LogP contribution in [-0.2, 0) is 0 Å². The molecule has 9 heteroatoms. The number of benzene rings is 9. The van der Waals surface area contributed by atoms with Crippen molar-refractivity contribution in [3.05, 3.63) is 176 Å². The Labute approximate surface area is 375 Å². The molecule has 63 heavy (non-hydrogen) atoms. The second-order valence-electron chi connectivity index (χ2n) is 16.0. The van der Waals surface area contributed by atoms with Gasteiger partial charge in [-0.25, -0.2) is 0 Å². The number of rotatable bonds is 6. The molecule has 0 aliphatic rings. The van der Waals surface area contributed by atoms with E-state index < -0.39 is 0 Å². The summed E-state index contributed by atoms with van der Waals surface area (Å²) in [5.74, 6) is 0. The van der Waals surface area contributed by atoms with E-state index in [1.165, 1.54) is 0 Å². The average molecular weight is 782 g/mol. The van der Waals surface area contributed by atoms with Crippen molar-refractivity contribution in [2.45, 2.75) is 0 Å². The zero-order chi connectivity index (χ0) is 43.1. The highest BCUT2D eigenvalue weighted by atomic mass is 15.0. The van der Waals surface area contributed by atoms with Gasteiger partial charge < -0.3 is 9.13 Å². The molecule has 0 N–H and O–H groups in total. The lowest BCUT2D eigenvalue weighted by Crippen LogP contribution is -2.48. The van der Waals surface area contributed by atoms with Crippen LogP contribution >= 0.6 is 0 Å². The van der Waals surface area contributed by atoms with E-state index in [2.05, 4.69) is 132 Å². The summed E-state index contributed by atoms with van der Waals surface area (Å²) in [6.07, 6.45) is 0. The molecule has 2 heterocycles. The molecule has 276 valence electrons. The van der Waals surface area contributed by atoms with Crippen LogP contribution < -0.4 is 38.2 Å². The van der Waals surface area contributed by atoms with E-state index in [0.29, 0.717) is 43.8 Å². The van der Waals surface area contributed by atoms with Crippen molar-refractivity contribution in [3.63, 3.8) is 0 Å². The number of nitrogens with zero attached hydrogens (tertiary/aromatic N) is 2. The van der Waals surface area contributed by atoms with E-state index in [1.807, 2.05) is 53.1 Å². The molecule has 11 rings (SSSR count). The highest BCUT2D eigenvalue weighted by Gasteiger charge is 2.25. The Bertz CT molecular complexity index is 3620. The first kappa shape index (κ1) is 38.9. The van der Waals surface area contributed by atoms with Crippen LogP contribution in [0.25, 0.3) is 99.5 Å². The third kappa shape index (κ3) is 6.12. The lowest BCUT2D eigenvalue weighted by molar-refractivity contribution is 1.18. The Balaban J connectivity index is 1.16. The van der Waals surface area contributed by atoms with E-state index >= 15 is 0 Å². The maximum atomic E-state index is 7.38. The smallest absolute Gasteiger partial charge is 0.115 e. The van der Waals surface area contributed by atoms with Gasteiger partial charge in [-0.2, -0.15) is 0 Å². The quantitative estimate of drug-likeness (QED) is 0.181. The van der Waals surface area contributed by atoms with E-state index in [1.54, 1.807) is 0 Å². The summed E-state index contributed by atoms with van der Waals surface area (Å²) in [5.41, 5.74) is 14.9. The normalized spacial score (nSPS) is 11.6. The van der Waals surface area contributed by atoms with Crippen LogP contribution in [0.4, 0.5) is 0 Å². The van der Waals surface area contributed by atoms with Crippen LogP contribution in [-0.4, -0.2) is 64.1 Å². The van der Waals surface area contributed by atoms with Crippen LogP contribution in [0.1, 0.15) is 0 Å². The first-order valence-corrected chi connectivity index (χ1v) is 20.7. The summed E-state index contributed by atoms with van der Waals surface area (Å²) in [6, 6.07) is 60.7. The van der Waals surface area contributed by atoms with Crippen LogP contribution in [0.2, 0.25) is 0 Å². The van der Waals surface area contributed by atoms with Gasteiger partial charge in [-0.1, -0.05) is 161 Å². The topological polar surface area (TPSA) is 9.86 Å². The van der Waals surface area contributed by atoms with Crippen LogP contribution in [0.5, 0.6) is 0 Å². The minimum absolute atomic E-state index is 0.175. The van der Waals surface area contributed by atoms with E-state index in [4.69, 9.17) is 54.9 Å². The third-order valence-electron chi connectivity index (χ3n) is 12.5. The first-order valence-electron chi connectivity index (χ1n) is 20.7. The molecule has 0 amide bonds. The van der Waals surface area contributed by atoms with Gasteiger partial charge in [0.15, 0.2) is 0 Å². The lowest BCUT2D eigenvalue weighted by Gasteiger charge is -2.19. The molecule has 0 spiro atoms. The molecule has 0 aliphatic carbocycles. The summed E-state index contributed by atoms with van der Waals surface area (Å²) >= 11 is 0. The third-order valence-corrected chi connectivity index (χ3v) is 12.5. The average Bonchev–Trinajstić information content (AvgIpc) is 3.87. The SMILES string of the molecule is [B]c1c([B])c([B])c2c(c1[B])c1c([B])c(-c3ccc4c(c3)c3ccc(-c5ccccc5)cc3n4-c3ccc(-c4ccccc4)cc3)c([B])c([B])c1n2-c1cccc(-c2ccccc2)c1. The zero-order valence-electron chi connectivity index (χ0n) is 34.2. The number of hydrogen-bond donors (Lipinski definition) is 0. The molecule has 2 aromatic heterocycles. The molecule has 0 aliphatic heterocycles. The molecule has 0 saturated heterocycles. The van der Waals surface area contributed by atoms with Gasteiger partial charge in [0.2, 0.25) is 0 Å². The maximum absolute atomic E-state index is 7.38. The number of hydrogen-bond acceptors (Lipinski definition) is 0. The highest BCUT2D eigenvalue weighted by molar-refractivity contribution is 6.69. The molecular weight excluding hydrogens is 752 g/mol. The molecule has 0 saturated carbocycles. The summed E-state index contributed by atoms with van der Waals surface area (Å²) in [6.45, 7) is 0. The molecule has 0 atom stereocenters. The summed E-state index contributed by atoms with van der Waals surface area (Å²) in [5, 5.41) is 3.23. The van der Waals surface area contributed by atoms with Gasteiger partial charge in [0, 0.05) is 38.6 Å². The van der Waals surface area contributed by atoms with Gasteiger partial charge in [0.1, 0.15) is 54.9 Å². The van der Waals surface area contributed by atoms with Gasteiger partial charge in [0.25, 0.3) is 0 Å². The predicted octanol–water partition coefficient (Wildman–Crippen LogP) is 6.11. The minimum atomic E-state index is 0.175. The number of fused-ring (bicyclic) bond motifs is 6. The molecule has 0 bridgehead atoms. The summed E-state index contributed by atoms with van der Waals surface area (Å²) < 4.78 is 4.27. The fourth-order valence-corrected chi connectivity index (χ4v) is 9.41. The van der Waals surface area contributed by atoms with Crippen molar-refractivity contribution in [3.8, 4) is 55.9 Å². The molecule has 0 unspecified atom stereocenters. The van der Waals surface area contributed by atoms with Crippen molar-refractivity contribution in [2.75, 3.05) is 0 Å². The Kier molecular flexibility index (Phi) is 9.35. The van der Waals surface area contributed by atoms with Crippen LogP contribution in [0, 0.1) is 0 Å². The molecule has 11 aromatic rings. The van der Waals surface area contributed by atoms with E-state index in [9.17, 15) is 0 Å². The molecule has 2 nitrogen and oxygen atoms in total. The molecule has 14 radical (unpaired) electrons. The Morgan fingerprint density at radius 2 is 0.762 bits per heavy atom. The van der Waals surface area contributed by atoms with Crippen LogP contribution in [0.15, 0.2) is 176 Å². The second-order valence-corrected chi connectivity index (χ2v) is 16.0. The fourth-order valence-electron chi connectivity index (χ4n) is 9.41. The van der Waals surface area contributed by atoms with Crippen molar-refractivity contribution < 1.29 is 0 Å². The van der Waals surface area contributed by atoms with Gasteiger partial charge in [-0.05, 0) is 92.4 Å². The minimum Gasteiger partial charge on any atom is -0.311 e. The van der Waals surface area contributed by atoms with E-state index in [-0.39, 0.29) is 21.9 Å². The monoisotopic (exact) mass is 782 g/mol. The van der Waals surface area contributed by atoms with Crippen molar-refractivity contribution in [1.29, 1.82) is 0 Å². The molecule has 9 aromatic carbocycles. The van der Waals surface area contributed by atoms with Crippen molar-refractivity contribution in [1.82, 2.24) is 9.13 Å². The largest absolute Gasteiger partial charge is 0.311 e. The lowest BCUT2D eigenvalue weighted by atomic mass is 9.64. The molecular formula is C54H29B7N2. The van der Waals surface area contributed by atoms with Crippen molar-refractivity contribution in [2.24, 2.45) is 0 Å². The van der Waals surface area contributed by atoms with Gasteiger partial charge in [-0.3, -0.25) is 0 Å².